The molecule has 0 saturated heterocycles. The second-order valence-electron chi connectivity index (χ2n) is 5.42. The molecule has 1 aliphatic heterocycles. The Morgan fingerprint density at radius 1 is 1.17 bits per heavy atom. The van der Waals surface area contributed by atoms with E-state index in [0.717, 1.165) is 11.3 Å². The van der Waals surface area contributed by atoms with Crippen molar-refractivity contribution in [2.75, 3.05) is 20.8 Å². The number of rotatable bonds is 6. The van der Waals surface area contributed by atoms with Crippen molar-refractivity contribution in [3.8, 4) is 17.2 Å². The third kappa shape index (κ3) is 3.32. The Kier molecular flexibility index (Phi) is 4.64. The van der Waals surface area contributed by atoms with Crippen LogP contribution in [0, 0.1) is 0 Å². The van der Waals surface area contributed by atoms with Crippen molar-refractivity contribution < 1.29 is 22.6 Å². The molecule has 0 saturated carbocycles. The predicted octanol–water partition coefficient (Wildman–Crippen LogP) is 1.99. The quantitative estimate of drug-likeness (QED) is 0.863. The molecule has 1 heterocycles. The molecule has 3 rings (SSSR count). The van der Waals surface area contributed by atoms with E-state index in [-0.39, 0.29) is 23.3 Å². The second kappa shape index (κ2) is 6.70. The maximum atomic E-state index is 12.6. The van der Waals surface area contributed by atoms with Gasteiger partial charge in [0.25, 0.3) is 0 Å². The molecule has 0 aliphatic carbocycles. The number of ether oxygens (including phenoxy) is 3. The van der Waals surface area contributed by atoms with E-state index in [1.165, 1.54) is 20.3 Å². The highest BCUT2D eigenvalue weighted by Gasteiger charge is 2.26. The van der Waals surface area contributed by atoms with Crippen LogP contribution in [-0.4, -0.2) is 35.3 Å². The Balaban J connectivity index is 1.73. The van der Waals surface area contributed by atoms with Gasteiger partial charge in [-0.25, -0.2) is 13.1 Å². The van der Waals surface area contributed by atoms with Crippen LogP contribution in [0.5, 0.6) is 17.2 Å². The largest absolute Gasteiger partial charge is 0.497 e. The molecule has 24 heavy (non-hydrogen) atoms. The van der Waals surface area contributed by atoms with E-state index < -0.39 is 10.0 Å². The maximum absolute atomic E-state index is 12.6. The monoisotopic (exact) mass is 349 g/mol. The van der Waals surface area contributed by atoms with Crippen LogP contribution in [0.1, 0.15) is 5.56 Å². The number of fused-ring (bicyclic) bond motifs is 1. The molecule has 1 N–H and O–H groups in total. The van der Waals surface area contributed by atoms with Gasteiger partial charge in [-0.05, 0) is 23.8 Å². The standard InChI is InChI=1S/C17H19NO5S/c1-21-13-7-8-16(22-2)17(10-13)24(19,20)18-11-14-9-12-5-3-4-6-15(12)23-14/h3-8,10,14,18H,9,11H2,1-2H3/t14-/m1/s1. The molecule has 2 aromatic rings. The van der Waals surface area contributed by atoms with E-state index >= 15 is 0 Å². The lowest BCUT2D eigenvalue weighted by Crippen LogP contribution is -2.34. The summed E-state index contributed by atoms with van der Waals surface area (Å²) in [5.74, 6) is 1.51. The maximum Gasteiger partial charge on any atom is 0.244 e. The van der Waals surface area contributed by atoms with E-state index in [1.54, 1.807) is 12.1 Å². The van der Waals surface area contributed by atoms with Crippen molar-refractivity contribution in [1.82, 2.24) is 4.72 Å². The lowest BCUT2D eigenvalue weighted by Gasteiger charge is -2.14. The van der Waals surface area contributed by atoms with Crippen LogP contribution < -0.4 is 18.9 Å². The van der Waals surface area contributed by atoms with E-state index in [4.69, 9.17) is 14.2 Å². The van der Waals surface area contributed by atoms with Crippen LogP contribution in [-0.2, 0) is 16.4 Å². The zero-order chi connectivity index (χ0) is 17.2. The highest BCUT2D eigenvalue weighted by molar-refractivity contribution is 7.89. The van der Waals surface area contributed by atoms with Gasteiger partial charge in [0, 0.05) is 19.0 Å². The van der Waals surface area contributed by atoms with E-state index in [1.807, 2.05) is 24.3 Å². The number of hydrogen-bond donors (Lipinski definition) is 1. The highest BCUT2D eigenvalue weighted by atomic mass is 32.2. The third-order valence-electron chi connectivity index (χ3n) is 3.88. The summed E-state index contributed by atoms with van der Waals surface area (Å²) >= 11 is 0. The minimum absolute atomic E-state index is 0.0415. The van der Waals surface area contributed by atoms with Gasteiger partial charge in [0.1, 0.15) is 28.2 Å². The minimum atomic E-state index is -3.75. The summed E-state index contributed by atoms with van der Waals surface area (Å²) in [4.78, 5) is 0.0415. The zero-order valence-electron chi connectivity index (χ0n) is 13.5. The number of nitrogens with one attached hydrogen (secondary N) is 1. The molecule has 0 amide bonds. The fourth-order valence-corrected chi connectivity index (χ4v) is 3.89. The summed E-state index contributed by atoms with van der Waals surface area (Å²) in [6, 6.07) is 12.3. The highest BCUT2D eigenvalue weighted by Crippen LogP contribution is 2.30. The number of methoxy groups -OCH3 is 2. The molecule has 2 aromatic carbocycles. The van der Waals surface area contributed by atoms with E-state index in [9.17, 15) is 8.42 Å². The van der Waals surface area contributed by atoms with Gasteiger partial charge in [-0.2, -0.15) is 0 Å². The van der Waals surface area contributed by atoms with Crippen LogP contribution in [0.4, 0.5) is 0 Å². The Bertz CT molecular complexity index is 810. The Hall–Kier alpha value is -2.25. The van der Waals surface area contributed by atoms with Crippen LogP contribution in [0.25, 0.3) is 0 Å². The van der Waals surface area contributed by atoms with Crippen molar-refractivity contribution in [3.63, 3.8) is 0 Å². The topological polar surface area (TPSA) is 73.9 Å². The molecule has 128 valence electrons. The molecule has 0 radical (unpaired) electrons. The first kappa shape index (κ1) is 16.6. The van der Waals surface area contributed by atoms with Gasteiger partial charge in [0.2, 0.25) is 10.0 Å². The number of hydrogen-bond acceptors (Lipinski definition) is 5. The number of benzene rings is 2. The van der Waals surface area contributed by atoms with Gasteiger partial charge >= 0.3 is 0 Å². The zero-order valence-corrected chi connectivity index (χ0v) is 14.3. The first-order valence-corrected chi connectivity index (χ1v) is 8.98. The molecule has 0 aromatic heterocycles. The Morgan fingerprint density at radius 2 is 1.96 bits per heavy atom. The fourth-order valence-electron chi connectivity index (χ4n) is 2.64. The summed E-state index contributed by atoms with van der Waals surface area (Å²) in [6.45, 7) is 0.178. The summed E-state index contributed by atoms with van der Waals surface area (Å²) in [5, 5.41) is 0. The number of sulfonamides is 1. The van der Waals surface area contributed by atoms with E-state index in [0.29, 0.717) is 12.2 Å². The molecule has 0 bridgehead atoms. The summed E-state index contributed by atoms with van der Waals surface area (Å²) in [7, 11) is -0.836. The van der Waals surface area contributed by atoms with Crippen molar-refractivity contribution in [2.45, 2.75) is 17.4 Å². The molecule has 7 heteroatoms. The molecule has 6 nitrogen and oxygen atoms in total. The average Bonchev–Trinajstić information content (AvgIpc) is 3.02. The van der Waals surface area contributed by atoms with Gasteiger partial charge in [-0.1, -0.05) is 18.2 Å². The lowest BCUT2D eigenvalue weighted by molar-refractivity contribution is 0.236. The van der Waals surface area contributed by atoms with Crippen LogP contribution in [0.2, 0.25) is 0 Å². The van der Waals surface area contributed by atoms with Crippen molar-refractivity contribution in [1.29, 1.82) is 0 Å². The van der Waals surface area contributed by atoms with Gasteiger partial charge in [-0.3, -0.25) is 0 Å². The first-order valence-electron chi connectivity index (χ1n) is 7.50. The molecule has 1 atom stereocenters. The molecule has 0 spiro atoms. The second-order valence-corrected chi connectivity index (χ2v) is 7.16. The SMILES string of the molecule is COc1ccc(OC)c(S(=O)(=O)NC[C@H]2Cc3ccccc3O2)c1. The van der Waals surface area contributed by atoms with Crippen molar-refractivity contribution in [3.05, 3.63) is 48.0 Å². The Labute approximate surface area is 141 Å². The smallest absolute Gasteiger partial charge is 0.244 e. The molecular formula is C17H19NO5S. The van der Waals surface area contributed by atoms with Crippen molar-refractivity contribution >= 4 is 10.0 Å². The van der Waals surface area contributed by atoms with Crippen LogP contribution >= 0.6 is 0 Å². The number of para-hydroxylation sites is 1. The predicted molar refractivity (Wildman–Crippen MR) is 89.3 cm³/mol. The molecule has 0 unspecified atom stereocenters. The minimum Gasteiger partial charge on any atom is -0.497 e. The normalized spacial score (nSPS) is 16.3. The summed E-state index contributed by atoms with van der Waals surface area (Å²) < 4.78 is 43.8. The van der Waals surface area contributed by atoms with Gasteiger partial charge in [0.05, 0.1) is 14.2 Å². The molecule has 0 fully saturated rings. The van der Waals surface area contributed by atoms with Crippen LogP contribution in [0.3, 0.4) is 0 Å². The van der Waals surface area contributed by atoms with Crippen LogP contribution in [0.15, 0.2) is 47.4 Å². The van der Waals surface area contributed by atoms with Gasteiger partial charge in [0.15, 0.2) is 0 Å². The Morgan fingerprint density at radius 3 is 2.67 bits per heavy atom. The molecular weight excluding hydrogens is 330 g/mol. The van der Waals surface area contributed by atoms with Gasteiger partial charge in [-0.15, -0.1) is 0 Å². The van der Waals surface area contributed by atoms with Crippen molar-refractivity contribution in [2.24, 2.45) is 0 Å². The first-order chi connectivity index (χ1) is 11.5. The summed E-state index contributed by atoms with van der Waals surface area (Å²) in [6.07, 6.45) is 0.447. The van der Waals surface area contributed by atoms with E-state index in [2.05, 4.69) is 4.72 Å². The molecule has 1 aliphatic rings. The fraction of sp³-hybridized carbons (Fsp3) is 0.294. The average molecular weight is 349 g/mol. The summed E-state index contributed by atoms with van der Waals surface area (Å²) in [5.41, 5.74) is 1.08. The lowest BCUT2D eigenvalue weighted by atomic mass is 10.1. The van der Waals surface area contributed by atoms with Gasteiger partial charge < -0.3 is 14.2 Å². The third-order valence-corrected chi connectivity index (χ3v) is 5.32.